The maximum Gasteiger partial charge on any atom is 0.238 e. The highest BCUT2D eigenvalue weighted by Crippen LogP contribution is 2.17. The summed E-state index contributed by atoms with van der Waals surface area (Å²) in [7, 11) is -1.49. The number of rotatable bonds is 6. The molecule has 0 aliphatic rings. The van der Waals surface area contributed by atoms with Gasteiger partial charge in [-0.2, -0.15) is 0 Å². The Kier molecular flexibility index (Phi) is 5.99. The zero-order valence-corrected chi connectivity index (χ0v) is 15.1. The summed E-state index contributed by atoms with van der Waals surface area (Å²) in [5, 5.41) is 3.37. The number of hydrogen-bond acceptors (Lipinski definition) is 4. The van der Waals surface area contributed by atoms with Crippen molar-refractivity contribution < 1.29 is 13.2 Å². The van der Waals surface area contributed by atoms with Gasteiger partial charge in [0.1, 0.15) is 0 Å². The van der Waals surface area contributed by atoms with E-state index in [0.29, 0.717) is 17.3 Å². The van der Waals surface area contributed by atoms with Crippen LogP contribution in [0.5, 0.6) is 0 Å². The molecule has 0 aliphatic heterocycles. The fourth-order valence-electron chi connectivity index (χ4n) is 2.22. The molecule has 0 saturated carbocycles. The molecule has 2 aromatic rings. The van der Waals surface area contributed by atoms with Crippen molar-refractivity contribution in [2.45, 2.75) is 11.4 Å². The molecule has 0 spiro atoms. The molecule has 0 aliphatic carbocycles. The minimum Gasteiger partial charge on any atom is -0.325 e. The fourth-order valence-corrected chi connectivity index (χ4v) is 3.09. The molecule has 0 heterocycles. The molecule has 1 N–H and O–H groups in total. The lowest BCUT2D eigenvalue weighted by atomic mass is 10.2. The van der Waals surface area contributed by atoms with E-state index in [1.165, 1.54) is 12.1 Å². The van der Waals surface area contributed by atoms with E-state index in [1.807, 2.05) is 36.2 Å². The normalized spacial score (nSPS) is 11.5. The minimum atomic E-state index is -3.31. The number of halogens is 1. The Bertz CT molecular complexity index is 837. The van der Waals surface area contributed by atoms with E-state index in [0.717, 1.165) is 11.8 Å². The van der Waals surface area contributed by atoms with Gasteiger partial charge in [-0.3, -0.25) is 9.69 Å². The van der Waals surface area contributed by atoms with Crippen LogP contribution < -0.4 is 5.32 Å². The van der Waals surface area contributed by atoms with Crippen molar-refractivity contribution in [3.63, 3.8) is 0 Å². The second-order valence-corrected chi connectivity index (χ2v) is 8.03. The van der Waals surface area contributed by atoms with Crippen LogP contribution in [0.1, 0.15) is 5.56 Å². The third kappa shape index (κ3) is 5.33. The molecule has 2 rings (SSSR count). The van der Waals surface area contributed by atoms with Crippen molar-refractivity contribution in [1.82, 2.24) is 4.90 Å². The Labute approximate surface area is 147 Å². The Morgan fingerprint density at radius 2 is 1.88 bits per heavy atom. The molecular weight excluding hydrogens is 348 g/mol. The smallest absolute Gasteiger partial charge is 0.238 e. The molecule has 2 aromatic carbocycles. The van der Waals surface area contributed by atoms with E-state index in [4.69, 9.17) is 11.6 Å². The first-order chi connectivity index (χ1) is 11.3. The summed E-state index contributed by atoms with van der Waals surface area (Å²) >= 11 is 6.11. The number of nitrogens with one attached hydrogen (secondary N) is 1. The van der Waals surface area contributed by atoms with Gasteiger partial charge in [-0.1, -0.05) is 35.9 Å². The molecule has 5 nitrogen and oxygen atoms in total. The SMILES string of the molecule is CN(CC(=O)Nc1cccc(S(C)(=O)=O)c1)Cc1ccccc1Cl. The molecule has 0 fully saturated rings. The van der Waals surface area contributed by atoms with Gasteiger partial charge in [0.25, 0.3) is 0 Å². The Morgan fingerprint density at radius 1 is 1.17 bits per heavy atom. The number of likely N-dealkylation sites (N-methyl/N-ethyl adjacent to an activating group) is 1. The van der Waals surface area contributed by atoms with Crippen molar-refractivity contribution in [1.29, 1.82) is 0 Å². The maximum absolute atomic E-state index is 12.1. The number of carbonyl (C=O) groups is 1. The van der Waals surface area contributed by atoms with Gasteiger partial charge in [-0.05, 0) is 36.9 Å². The van der Waals surface area contributed by atoms with Crippen LogP contribution in [-0.4, -0.2) is 39.1 Å². The van der Waals surface area contributed by atoms with Crippen molar-refractivity contribution in [3.05, 3.63) is 59.1 Å². The van der Waals surface area contributed by atoms with E-state index in [2.05, 4.69) is 5.32 Å². The number of nitrogens with zero attached hydrogens (tertiary/aromatic N) is 1. The molecule has 7 heteroatoms. The van der Waals surface area contributed by atoms with Crippen LogP contribution in [0.4, 0.5) is 5.69 Å². The number of anilines is 1. The number of sulfone groups is 1. The lowest BCUT2D eigenvalue weighted by Gasteiger charge is -2.17. The summed E-state index contributed by atoms with van der Waals surface area (Å²) < 4.78 is 23.1. The Hall–Kier alpha value is -1.89. The average Bonchev–Trinajstić information content (AvgIpc) is 2.49. The topological polar surface area (TPSA) is 66.5 Å². The van der Waals surface area contributed by atoms with E-state index in [9.17, 15) is 13.2 Å². The van der Waals surface area contributed by atoms with E-state index < -0.39 is 9.84 Å². The second kappa shape index (κ2) is 7.79. The summed E-state index contributed by atoms with van der Waals surface area (Å²) in [5.74, 6) is -0.227. The van der Waals surface area contributed by atoms with E-state index in [-0.39, 0.29) is 17.3 Å². The summed E-state index contributed by atoms with van der Waals surface area (Å²) in [6.07, 6.45) is 1.13. The van der Waals surface area contributed by atoms with Crippen molar-refractivity contribution in [2.24, 2.45) is 0 Å². The maximum atomic E-state index is 12.1. The van der Waals surface area contributed by atoms with Crippen LogP contribution in [0, 0.1) is 0 Å². The first-order valence-electron chi connectivity index (χ1n) is 7.27. The molecule has 0 aromatic heterocycles. The van der Waals surface area contributed by atoms with Gasteiger partial charge in [0, 0.05) is 23.5 Å². The van der Waals surface area contributed by atoms with Gasteiger partial charge in [0.2, 0.25) is 5.91 Å². The summed E-state index contributed by atoms with van der Waals surface area (Å²) in [6, 6.07) is 13.7. The molecule has 0 atom stereocenters. The van der Waals surface area contributed by atoms with Crippen LogP contribution >= 0.6 is 11.6 Å². The lowest BCUT2D eigenvalue weighted by molar-refractivity contribution is -0.117. The summed E-state index contributed by atoms with van der Waals surface area (Å²) in [5.41, 5.74) is 1.39. The standard InChI is InChI=1S/C17H19ClN2O3S/c1-20(11-13-6-3-4-9-16(13)18)12-17(21)19-14-7-5-8-15(10-14)24(2,22)23/h3-10H,11-12H2,1-2H3,(H,19,21). The van der Waals surface area contributed by atoms with Gasteiger partial charge < -0.3 is 5.32 Å². The van der Waals surface area contributed by atoms with Gasteiger partial charge >= 0.3 is 0 Å². The van der Waals surface area contributed by atoms with Crippen molar-refractivity contribution >= 4 is 33.0 Å². The quantitative estimate of drug-likeness (QED) is 0.853. The van der Waals surface area contributed by atoms with Crippen LogP contribution in [0.3, 0.4) is 0 Å². The van der Waals surface area contributed by atoms with Gasteiger partial charge in [-0.15, -0.1) is 0 Å². The minimum absolute atomic E-state index is 0.161. The lowest BCUT2D eigenvalue weighted by Crippen LogP contribution is -2.29. The largest absolute Gasteiger partial charge is 0.325 e. The number of carbonyl (C=O) groups excluding carboxylic acids is 1. The Balaban J connectivity index is 1.97. The van der Waals surface area contributed by atoms with Gasteiger partial charge in [-0.25, -0.2) is 8.42 Å². The molecule has 0 saturated heterocycles. The third-order valence-corrected chi connectivity index (χ3v) is 4.84. The van der Waals surface area contributed by atoms with Crippen molar-refractivity contribution in [2.75, 3.05) is 25.2 Å². The molecule has 0 bridgehead atoms. The first-order valence-corrected chi connectivity index (χ1v) is 9.54. The average molecular weight is 367 g/mol. The van der Waals surface area contributed by atoms with Crippen LogP contribution in [0.15, 0.2) is 53.4 Å². The van der Waals surface area contributed by atoms with Gasteiger partial charge in [0.05, 0.1) is 11.4 Å². The van der Waals surface area contributed by atoms with Crippen molar-refractivity contribution in [3.8, 4) is 0 Å². The molecule has 0 unspecified atom stereocenters. The van der Waals surface area contributed by atoms with E-state index in [1.54, 1.807) is 12.1 Å². The summed E-state index contributed by atoms with van der Waals surface area (Å²) in [6.45, 7) is 0.699. The zero-order valence-electron chi connectivity index (χ0n) is 13.5. The molecular formula is C17H19ClN2O3S. The van der Waals surface area contributed by atoms with E-state index >= 15 is 0 Å². The monoisotopic (exact) mass is 366 g/mol. The highest BCUT2D eigenvalue weighted by atomic mass is 35.5. The Morgan fingerprint density at radius 3 is 2.54 bits per heavy atom. The highest BCUT2D eigenvalue weighted by molar-refractivity contribution is 7.90. The van der Waals surface area contributed by atoms with Crippen LogP contribution in [-0.2, 0) is 21.2 Å². The molecule has 0 radical (unpaired) electrons. The fraction of sp³-hybridized carbons (Fsp3) is 0.235. The zero-order chi connectivity index (χ0) is 17.7. The molecule has 24 heavy (non-hydrogen) atoms. The molecule has 128 valence electrons. The third-order valence-electron chi connectivity index (χ3n) is 3.36. The number of benzene rings is 2. The predicted octanol–water partition coefficient (Wildman–Crippen LogP) is 2.81. The first kappa shape index (κ1) is 18.4. The van der Waals surface area contributed by atoms with Crippen LogP contribution in [0.25, 0.3) is 0 Å². The number of amides is 1. The highest BCUT2D eigenvalue weighted by Gasteiger charge is 2.11. The summed E-state index contributed by atoms with van der Waals surface area (Å²) in [4.78, 5) is 14.1. The van der Waals surface area contributed by atoms with Gasteiger partial charge in [0.15, 0.2) is 9.84 Å². The van der Waals surface area contributed by atoms with Crippen LogP contribution in [0.2, 0.25) is 5.02 Å². The number of hydrogen-bond donors (Lipinski definition) is 1. The second-order valence-electron chi connectivity index (χ2n) is 5.61. The predicted molar refractivity (Wildman–Crippen MR) is 96.0 cm³/mol. The molecule has 1 amide bonds.